The fourth-order valence-corrected chi connectivity index (χ4v) is 3.45. The summed E-state index contributed by atoms with van der Waals surface area (Å²) in [5.74, 6) is 0. The van der Waals surface area contributed by atoms with E-state index in [1.54, 1.807) is 0 Å². The summed E-state index contributed by atoms with van der Waals surface area (Å²) >= 11 is 1.83. The van der Waals surface area contributed by atoms with E-state index in [0.29, 0.717) is 12.1 Å². The van der Waals surface area contributed by atoms with Crippen LogP contribution in [0.25, 0.3) is 0 Å². The summed E-state index contributed by atoms with van der Waals surface area (Å²) in [6.07, 6.45) is 2.03. The Morgan fingerprint density at radius 3 is 2.53 bits per heavy atom. The van der Waals surface area contributed by atoms with Gasteiger partial charge in [-0.05, 0) is 27.3 Å². The topological polar surface area (TPSA) is 31.4 Å². The zero-order valence-corrected chi connectivity index (χ0v) is 13.3. The summed E-state index contributed by atoms with van der Waals surface area (Å²) in [4.78, 5) is 10.9. The second-order valence-electron chi connectivity index (χ2n) is 5.44. The monoisotopic (exact) mass is 282 g/mol. The molecular weight excluding hydrogens is 256 g/mol. The lowest BCUT2D eigenvalue weighted by Gasteiger charge is -2.36. The molecule has 1 aromatic rings. The molecule has 1 aliphatic heterocycles. The first kappa shape index (κ1) is 14.8. The number of anilines is 1. The Hall–Kier alpha value is -0.650. The van der Waals surface area contributed by atoms with Gasteiger partial charge in [0.15, 0.2) is 5.13 Å². The predicted molar refractivity (Wildman–Crippen MR) is 83.1 cm³/mol. The van der Waals surface area contributed by atoms with E-state index >= 15 is 0 Å². The molecule has 0 aromatic carbocycles. The first-order valence-corrected chi connectivity index (χ1v) is 8.11. The third-order valence-electron chi connectivity index (χ3n) is 3.76. The highest BCUT2D eigenvalue weighted by Crippen LogP contribution is 2.27. The summed E-state index contributed by atoms with van der Waals surface area (Å²) in [7, 11) is 0. The SMILES string of the molecule is CCNC(C)c1cnc(N2CCN(C(C)C)CC2)s1. The average molecular weight is 282 g/mol. The average Bonchev–Trinajstić information content (AvgIpc) is 2.89. The van der Waals surface area contributed by atoms with Crippen molar-refractivity contribution in [2.45, 2.75) is 39.8 Å². The van der Waals surface area contributed by atoms with Crippen LogP contribution >= 0.6 is 11.3 Å². The molecule has 1 aromatic heterocycles. The van der Waals surface area contributed by atoms with Gasteiger partial charge in [-0.1, -0.05) is 6.92 Å². The van der Waals surface area contributed by atoms with Crippen LogP contribution < -0.4 is 10.2 Å². The molecule has 0 radical (unpaired) electrons. The number of hydrogen-bond acceptors (Lipinski definition) is 5. The molecule has 2 heterocycles. The van der Waals surface area contributed by atoms with E-state index in [2.05, 4.69) is 47.8 Å². The van der Waals surface area contributed by atoms with Crippen LogP contribution in [0.15, 0.2) is 6.20 Å². The fourth-order valence-electron chi connectivity index (χ4n) is 2.46. The number of hydrogen-bond donors (Lipinski definition) is 1. The van der Waals surface area contributed by atoms with Crippen LogP contribution in [0.4, 0.5) is 5.13 Å². The van der Waals surface area contributed by atoms with Crippen molar-refractivity contribution in [2.24, 2.45) is 0 Å². The Bertz CT molecular complexity index is 383. The largest absolute Gasteiger partial charge is 0.346 e. The van der Waals surface area contributed by atoms with Gasteiger partial charge in [0.1, 0.15) is 0 Å². The van der Waals surface area contributed by atoms with Crippen LogP contribution in [-0.2, 0) is 0 Å². The maximum absolute atomic E-state index is 4.60. The summed E-state index contributed by atoms with van der Waals surface area (Å²) in [6, 6.07) is 1.07. The molecule has 5 heteroatoms. The summed E-state index contributed by atoms with van der Waals surface area (Å²) < 4.78 is 0. The molecular formula is C14H26N4S. The molecule has 108 valence electrons. The Morgan fingerprint density at radius 2 is 1.95 bits per heavy atom. The maximum Gasteiger partial charge on any atom is 0.185 e. The molecule has 0 bridgehead atoms. The molecule has 1 aliphatic rings. The van der Waals surface area contributed by atoms with Gasteiger partial charge >= 0.3 is 0 Å². The normalized spacial score (nSPS) is 19.1. The standard InChI is InChI=1S/C14H26N4S/c1-5-15-12(4)13-10-16-14(19-13)18-8-6-17(7-9-18)11(2)3/h10-12,15H,5-9H2,1-4H3. The van der Waals surface area contributed by atoms with E-state index < -0.39 is 0 Å². The molecule has 1 atom stereocenters. The lowest BCUT2D eigenvalue weighted by atomic mass is 10.2. The molecule has 0 aliphatic carbocycles. The zero-order chi connectivity index (χ0) is 13.8. The van der Waals surface area contributed by atoms with Crippen LogP contribution in [-0.4, -0.2) is 48.6 Å². The van der Waals surface area contributed by atoms with Crippen molar-refractivity contribution in [3.63, 3.8) is 0 Å². The Labute approximate surface area is 120 Å². The third-order valence-corrected chi connectivity index (χ3v) is 5.00. The van der Waals surface area contributed by atoms with Gasteiger partial charge < -0.3 is 10.2 Å². The van der Waals surface area contributed by atoms with Gasteiger partial charge in [-0.25, -0.2) is 4.98 Å². The molecule has 0 amide bonds. The molecule has 1 unspecified atom stereocenters. The molecule has 2 rings (SSSR count). The quantitative estimate of drug-likeness (QED) is 0.898. The summed E-state index contributed by atoms with van der Waals surface area (Å²) in [5, 5.41) is 4.63. The fraction of sp³-hybridized carbons (Fsp3) is 0.786. The van der Waals surface area contributed by atoms with E-state index in [-0.39, 0.29) is 0 Å². The molecule has 19 heavy (non-hydrogen) atoms. The maximum atomic E-state index is 4.60. The Kier molecular flexibility index (Phi) is 5.19. The third kappa shape index (κ3) is 3.68. The van der Waals surface area contributed by atoms with Gasteiger partial charge in [0, 0.05) is 49.3 Å². The second kappa shape index (κ2) is 6.68. The van der Waals surface area contributed by atoms with Gasteiger partial charge in [-0.3, -0.25) is 4.90 Å². The summed E-state index contributed by atoms with van der Waals surface area (Å²) in [5.41, 5.74) is 0. The highest BCUT2D eigenvalue weighted by Gasteiger charge is 2.21. The van der Waals surface area contributed by atoms with E-state index in [4.69, 9.17) is 0 Å². The van der Waals surface area contributed by atoms with Crippen molar-refractivity contribution in [3.05, 3.63) is 11.1 Å². The molecule has 4 nitrogen and oxygen atoms in total. The van der Waals surface area contributed by atoms with Crippen molar-refractivity contribution in [2.75, 3.05) is 37.6 Å². The zero-order valence-electron chi connectivity index (χ0n) is 12.5. The van der Waals surface area contributed by atoms with Gasteiger partial charge in [-0.15, -0.1) is 11.3 Å². The number of rotatable bonds is 5. The highest BCUT2D eigenvalue weighted by atomic mass is 32.1. The molecule has 1 saturated heterocycles. The van der Waals surface area contributed by atoms with Crippen LogP contribution in [0.5, 0.6) is 0 Å². The minimum Gasteiger partial charge on any atom is -0.346 e. The molecule has 0 spiro atoms. The van der Waals surface area contributed by atoms with Gasteiger partial charge in [-0.2, -0.15) is 0 Å². The Morgan fingerprint density at radius 1 is 1.26 bits per heavy atom. The van der Waals surface area contributed by atoms with Crippen LogP contribution in [0, 0.1) is 0 Å². The van der Waals surface area contributed by atoms with E-state index in [9.17, 15) is 0 Å². The Balaban J connectivity index is 1.93. The van der Waals surface area contributed by atoms with Gasteiger partial charge in [0.2, 0.25) is 0 Å². The smallest absolute Gasteiger partial charge is 0.185 e. The van der Waals surface area contributed by atoms with Crippen LogP contribution in [0.1, 0.15) is 38.6 Å². The number of thiazole rings is 1. The first-order valence-electron chi connectivity index (χ1n) is 7.30. The molecule has 1 N–H and O–H groups in total. The van der Waals surface area contributed by atoms with Gasteiger partial charge in [0.25, 0.3) is 0 Å². The lowest BCUT2D eigenvalue weighted by molar-refractivity contribution is 0.209. The number of piperazine rings is 1. The van der Waals surface area contributed by atoms with Crippen molar-refractivity contribution in [3.8, 4) is 0 Å². The van der Waals surface area contributed by atoms with E-state index in [0.717, 1.165) is 32.7 Å². The number of nitrogens with one attached hydrogen (secondary N) is 1. The lowest BCUT2D eigenvalue weighted by Crippen LogP contribution is -2.48. The van der Waals surface area contributed by atoms with Gasteiger partial charge in [0.05, 0.1) is 0 Å². The predicted octanol–water partition coefficient (Wildman–Crippen LogP) is 2.34. The van der Waals surface area contributed by atoms with Crippen molar-refractivity contribution < 1.29 is 0 Å². The summed E-state index contributed by atoms with van der Waals surface area (Å²) in [6.45, 7) is 14.4. The minimum absolute atomic E-state index is 0.410. The molecule has 0 saturated carbocycles. The van der Waals surface area contributed by atoms with Crippen molar-refractivity contribution >= 4 is 16.5 Å². The van der Waals surface area contributed by atoms with Crippen molar-refractivity contribution in [1.82, 2.24) is 15.2 Å². The van der Waals surface area contributed by atoms with Crippen LogP contribution in [0.3, 0.4) is 0 Å². The highest BCUT2D eigenvalue weighted by molar-refractivity contribution is 7.15. The number of aromatic nitrogens is 1. The van der Waals surface area contributed by atoms with E-state index in [1.807, 2.05) is 17.5 Å². The first-order chi connectivity index (χ1) is 9.11. The second-order valence-corrected chi connectivity index (χ2v) is 6.48. The van der Waals surface area contributed by atoms with Crippen LogP contribution in [0.2, 0.25) is 0 Å². The molecule has 1 fully saturated rings. The number of nitrogens with zero attached hydrogens (tertiary/aromatic N) is 3. The van der Waals surface area contributed by atoms with Crippen molar-refractivity contribution in [1.29, 1.82) is 0 Å². The minimum atomic E-state index is 0.410. The van der Waals surface area contributed by atoms with E-state index in [1.165, 1.54) is 10.0 Å².